The number of rotatable bonds is 6. The number of hydrogen-bond donors (Lipinski definition) is 1. The van der Waals surface area contributed by atoms with Crippen LogP contribution in [0.15, 0.2) is 35.6 Å². The first kappa shape index (κ1) is 13.2. The molecular formula is C12H16N2O3. The third kappa shape index (κ3) is 3.86. The van der Waals surface area contributed by atoms with Crippen LogP contribution in [0.25, 0.3) is 0 Å². The lowest BCUT2D eigenvalue weighted by Gasteiger charge is -2.32. The van der Waals surface area contributed by atoms with Gasteiger partial charge < -0.3 is 5.11 Å². The molecule has 5 nitrogen and oxygen atoms in total. The first-order valence-electron chi connectivity index (χ1n) is 5.32. The number of nitrogens with zero attached hydrogens (tertiary/aromatic N) is 2. The van der Waals surface area contributed by atoms with Crippen LogP contribution in [0.1, 0.15) is 19.4 Å². The Balaban J connectivity index is 2.78. The molecule has 17 heavy (non-hydrogen) atoms. The van der Waals surface area contributed by atoms with Gasteiger partial charge in [-0.3, -0.25) is 4.79 Å². The van der Waals surface area contributed by atoms with Gasteiger partial charge in [0, 0.05) is 0 Å². The van der Waals surface area contributed by atoms with Crippen molar-refractivity contribution >= 4 is 5.97 Å². The van der Waals surface area contributed by atoms with Gasteiger partial charge in [-0.15, -0.1) is 4.91 Å². The molecule has 0 fully saturated rings. The van der Waals surface area contributed by atoms with Gasteiger partial charge >= 0.3 is 5.97 Å². The van der Waals surface area contributed by atoms with Gasteiger partial charge in [-0.2, -0.15) is 0 Å². The quantitative estimate of drug-likeness (QED) is 0.606. The smallest absolute Gasteiger partial charge is 0.325 e. The molecule has 1 N–H and O–H groups in total. The van der Waals surface area contributed by atoms with Crippen LogP contribution < -0.4 is 0 Å². The van der Waals surface area contributed by atoms with Crippen LogP contribution in [0.3, 0.4) is 0 Å². The van der Waals surface area contributed by atoms with Crippen LogP contribution in [-0.4, -0.2) is 28.2 Å². The zero-order valence-corrected chi connectivity index (χ0v) is 9.96. The molecule has 0 bridgehead atoms. The number of nitroso groups, excluding NO2 is 1. The molecule has 0 unspecified atom stereocenters. The Morgan fingerprint density at radius 3 is 2.41 bits per heavy atom. The molecular weight excluding hydrogens is 220 g/mol. The SMILES string of the molecule is CC(C)(Cc1ccccc1)N(CC(=O)O)N=O. The zero-order chi connectivity index (χ0) is 12.9. The average Bonchev–Trinajstić information content (AvgIpc) is 2.26. The van der Waals surface area contributed by atoms with Crippen LogP contribution >= 0.6 is 0 Å². The van der Waals surface area contributed by atoms with Crippen LogP contribution in [0.2, 0.25) is 0 Å². The molecule has 0 radical (unpaired) electrons. The summed E-state index contributed by atoms with van der Waals surface area (Å²) in [4.78, 5) is 21.3. The van der Waals surface area contributed by atoms with Crippen molar-refractivity contribution in [3.05, 3.63) is 40.8 Å². The van der Waals surface area contributed by atoms with Gasteiger partial charge in [-0.1, -0.05) is 30.3 Å². The van der Waals surface area contributed by atoms with Crippen molar-refractivity contribution in [3.8, 4) is 0 Å². The maximum atomic E-state index is 10.7. The predicted molar refractivity (Wildman–Crippen MR) is 64.4 cm³/mol. The fraction of sp³-hybridized carbons (Fsp3) is 0.417. The minimum absolute atomic E-state index is 0.386. The molecule has 0 aliphatic heterocycles. The predicted octanol–water partition coefficient (Wildman–Crippen LogP) is 2.08. The second kappa shape index (κ2) is 5.43. The second-order valence-electron chi connectivity index (χ2n) is 4.51. The van der Waals surface area contributed by atoms with E-state index in [4.69, 9.17) is 5.11 Å². The lowest BCUT2D eigenvalue weighted by molar-refractivity contribution is -0.139. The summed E-state index contributed by atoms with van der Waals surface area (Å²) in [6, 6.07) is 9.59. The minimum atomic E-state index is -1.06. The van der Waals surface area contributed by atoms with E-state index in [-0.39, 0.29) is 6.54 Å². The molecule has 0 heterocycles. The van der Waals surface area contributed by atoms with E-state index >= 15 is 0 Å². The van der Waals surface area contributed by atoms with Crippen molar-refractivity contribution in [3.63, 3.8) is 0 Å². The van der Waals surface area contributed by atoms with Gasteiger partial charge in [0.25, 0.3) is 0 Å². The summed E-state index contributed by atoms with van der Waals surface area (Å²) in [5.74, 6) is -1.06. The third-order valence-electron chi connectivity index (χ3n) is 2.56. The van der Waals surface area contributed by atoms with E-state index in [1.54, 1.807) is 13.8 Å². The number of carboxylic acid groups (broad SMARTS) is 1. The van der Waals surface area contributed by atoms with Crippen molar-refractivity contribution in [2.75, 3.05) is 6.54 Å². The van der Waals surface area contributed by atoms with Gasteiger partial charge in [-0.25, -0.2) is 5.01 Å². The van der Waals surface area contributed by atoms with Crippen molar-refractivity contribution in [1.82, 2.24) is 5.01 Å². The molecule has 1 aromatic rings. The van der Waals surface area contributed by atoms with Gasteiger partial charge in [0.2, 0.25) is 0 Å². The molecule has 1 rings (SSSR count). The molecule has 0 spiro atoms. The largest absolute Gasteiger partial charge is 0.480 e. The Morgan fingerprint density at radius 1 is 1.35 bits per heavy atom. The number of aliphatic carboxylic acids is 1. The van der Waals surface area contributed by atoms with Gasteiger partial charge in [0.05, 0.1) is 10.8 Å². The van der Waals surface area contributed by atoms with Gasteiger partial charge in [0.15, 0.2) is 0 Å². The molecule has 0 saturated carbocycles. The van der Waals surface area contributed by atoms with E-state index in [2.05, 4.69) is 5.29 Å². The highest BCUT2D eigenvalue weighted by atomic mass is 16.4. The van der Waals surface area contributed by atoms with Crippen molar-refractivity contribution < 1.29 is 9.90 Å². The number of hydrogen-bond acceptors (Lipinski definition) is 3. The van der Waals surface area contributed by atoms with Crippen LogP contribution in [0.5, 0.6) is 0 Å². The maximum absolute atomic E-state index is 10.7. The average molecular weight is 236 g/mol. The lowest BCUT2D eigenvalue weighted by Crippen LogP contribution is -2.44. The molecule has 5 heteroatoms. The highest BCUT2D eigenvalue weighted by Crippen LogP contribution is 2.20. The Morgan fingerprint density at radius 2 is 1.94 bits per heavy atom. The molecule has 0 aliphatic rings. The standard InChI is InChI=1S/C12H16N2O3/c1-12(2,14(13-17)9-11(15)16)8-10-6-4-3-5-7-10/h3-7H,8-9H2,1-2H3,(H,15,16). The monoisotopic (exact) mass is 236 g/mol. The fourth-order valence-electron chi connectivity index (χ4n) is 1.67. The summed E-state index contributed by atoms with van der Waals surface area (Å²) in [6.07, 6.45) is 0.562. The van der Waals surface area contributed by atoms with E-state index in [9.17, 15) is 9.70 Å². The Labute approximate surface area is 100 Å². The summed E-state index contributed by atoms with van der Waals surface area (Å²) < 4.78 is 0. The fourth-order valence-corrected chi connectivity index (χ4v) is 1.67. The van der Waals surface area contributed by atoms with Crippen LogP contribution in [0, 0.1) is 4.91 Å². The lowest BCUT2D eigenvalue weighted by atomic mass is 9.94. The Bertz CT molecular complexity index is 390. The van der Waals surface area contributed by atoms with E-state index in [0.29, 0.717) is 6.42 Å². The van der Waals surface area contributed by atoms with Gasteiger partial charge in [0.1, 0.15) is 6.54 Å². The Kier molecular flexibility index (Phi) is 4.20. The first-order chi connectivity index (χ1) is 7.95. The van der Waals surface area contributed by atoms with E-state index in [0.717, 1.165) is 10.6 Å². The van der Waals surface area contributed by atoms with Crippen molar-refractivity contribution in [2.45, 2.75) is 25.8 Å². The first-order valence-corrected chi connectivity index (χ1v) is 5.32. The highest BCUT2D eigenvalue weighted by molar-refractivity contribution is 5.69. The molecule has 0 aliphatic carbocycles. The van der Waals surface area contributed by atoms with Crippen molar-refractivity contribution in [2.24, 2.45) is 5.29 Å². The molecule has 1 aromatic carbocycles. The third-order valence-corrected chi connectivity index (χ3v) is 2.56. The maximum Gasteiger partial charge on any atom is 0.325 e. The molecule has 0 aromatic heterocycles. The topological polar surface area (TPSA) is 70.0 Å². The summed E-state index contributed by atoms with van der Waals surface area (Å²) in [5, 5.41) is 12.6. The molecule has 0 amide bonds. The van der Waals surface area contributed by atoms with E-state index in [1.165, 1.54) is 0 Å². The molecule has 92 valence electrons. The second-order valence-corrected chi connectivity index (χ2v) is 4.51. The molecule has 0 saturated heterocycles. The number of benzene rings is 1. The van der Waals surface area contributed by atoms with Crippen molar-refractivity contribution in [1.29, 1.82) is 0 Å². The summed E-state index contributed by atoms with van der Waals surface area (Å²) >= 11 is 0. The normalized spacial score (nSPS) is 10.9. The highest BCUT2D eigenvalue weighted by Gasteiger charge is 2.28. The number of carboxylic acids is 1. The minimum Gasteiger partial charge on any atom is -0.480 e. The van der Waals surface area contributed by atoms with Crippen LogP contribution in [0.4, 0.5) is 0 Å². The van der Waals surface area contributed by atoms with E-state index in [1.807, 2.05) is 30.3 Å². The number of carbonyl (C=O) groups is 1. The van der Waals surface area contributed by atoms with E-state index < -0.39 is 11.5 Å². The summed E-state index contributed by atoms with van der Waals surface area (Å²) in [6.45, 7) is 3.21. The Hall–Kier alpha value is -1.91. The molecule has 0 atom stereocenters. The van der Waals surface area contributed by atoms with Gasteiger partial charge in [-0.05, 0) is 25.8 Å². The van der Waals surface area contributed by atoms with Crippen LogP contribution in [-0.2, 0) is 11.2 Å². The zero-order valence-electron chi connectivity index (χ0n) is 9.96. The summed E-state index contributed by atoms with van der Waals surface area (Å²) in [7, 11) is 0. The summed E-state index contributed by atoms with van der Waals surface area (Å²) in [5.41, 5.74) is 0.415.